The Kier molecular flexibility index (Phi) is 4.79. The van der Waals surface area contributed by atoms with E-state index in [1.807, 2.05) is 0 Å². The highest BCUT2D eigenvalue weighted by atomic mass is 35.5. The van der Waals surface area contributed by atoms with Gasteiger partial charge in [0.2, 0.25) is 5.90 Å². The molecule has 2 heterocycles. The highest BCUT2D eigenvalue weighted by molar-refractivity contribution is 6.35. The fraction of sp³-hybridized carbons (Fsp3) is 0. The number of aliphatic imine (C=N–C) groups is 1. The third-order valence-corrected chi connectivity index (χ3v) is 4.72. The molecule has 0 saturated carbocycles. The number of nitrogens with zero attached hydrogens (tertiary/aromatic N) is 1. The monoisotopic (exact) mass is 417 g/mol. The van der Waals surface area contributed by atoms with Crippen molar-refractivity contribution >= 4 is 52.7 Å². The molecule has 3 aromatic rings. The molecule has 0 unspecified atom stereocenters. The number of furan rings is 1. The Balaban J connectivity index is 1.66. The minimum atomic E-state index is -0.580. The van der Waals surface area contributed by atoms with Crippen molar-refractivity contribution in [2.45, 2.75) is 0 Å². The lowest BCUT2D eigenvalue weighted by molar-refractivity contribution is -0.129. The number of carbonyl (C=O) groups excluding carboxylic acids is 1. The van der Waals surface area contributed by atoms with E-state index >= 15 is 0 Å². The molecule has 1 aliphatic rings. The van der Waals surface area contributed by atoms with Crippen LogP contribution in [0.15, 0.2) is 69.7 Å². The highest BCUT2D eigenvalue weighted by Gasteiger charge is 2.26. The molecule has 0 N–H and O–H groups in total. The van der Waals surface area contributed by atoms with E-state index in [-0.39, 0.29) is 11.6 Å². The maximum absolute atomic E-state index is 12.1. The Hall–Kier alpha value is -2.53. The summed E-state index contributed by atoms with van der Waals surface area (Å²) in [7, 11) is 0. The molecule has 0 saturated heterocycles. The van der Waals surface area contributed by atoms with Crippen LogP contribution in [0, 0.1) is 0 Å². The van der Waals surface area contributed by atoms with Crippen molar-refractivity contribution in [2.24, 2.45) is 4.99 Å². The first-order valence-corrected chi connectivity index (χ1v) is 8.97. The molecule has 134 valence electrons. The predicted octanol–water partition coefficient (Wildman–Crippen LogP) is 6.25. The van der Waals surface area contributed by atoms with Gasteiger partial charge in [0.05, 0.1) is 15.6 Å². The Morgan fingerprint density at radius 2 is 1.67 bits per heavy atom. The molecule has 0 amide bonds. The lowest BCUT2D eigenvalue weighted by atomic mass is 10.2. The van der Waals surface area contributed by atoms with E-state index in [0.29, 0.717) is 37.7 Å². The fourth-order valence-corrected chi connectivity index (χ4v) is 3.15. The van der Waals surface area contributed by atoms with Gasteiger partial charge in [-0.25, -0.2) is 9.79 Å². The lowest BCUT2D eigenvalue weighted by Gasteiger charge is -2.01. The largest absolute Gasteiger partial charge is 0.457 e. The summed E-state index contributed by atoms with van der Waals surface area (Å²) in [6.45, 7) is 0. The summed E-state index contributed by atoms with van der Waals surface area (Å²) < 4.78 is 11.0. The summed E-state index contributed by atoms with van der Waals surface area (Å²) >= 11 is 18.3. The third kappa shape index (κ3) is 3.65. The van der Waals surface area contributed by atoms with E-state index in [4.69, 9.17) is 44.0 Å². The number of esters is 1. The second-order valence-corrected chi connectivity index (χ2v) is 6.89. The number of hydrogen-bond acceptors (Lipinski definition) is 4. The summed E-state index contributed by atoms with van der Waals surface area (Å²) in [5.41, 5.74) is 1.31. The first-order chi connectivity index (χ1) is 13.0. The van der Waals surface area contributed by atoms with E-state index in [1.165, 1.54) is 6.08 Å². The Morgan fingerprint density at radius 3 is 2.48 bits per heavy atom. The van der Waals surface area contributed by atoms with Gasteiger partial charge in [0.1, 0.15) is 11.5 Å². The van der Waals surface area contributed by atoms with Gasteiger partial charge >= 0.3 is 5.97 Å². The zero-order valence-electron chi connectivity index (χ0n) is 13.6. The van der Waals surface area contributed by atoms with Crippen LogP contribution in [0.2, 0.25) is 15.1 Å². The molecular formula is C20H10Cl3NO3. The SMILES string of the molecule is O=C1OC(c2ccccc2Cl)=N/C1=C/c1ccc(-c2cc(Cl)ccc2Cl)o1. The Labute approximate surface area is 169 Å². The Bertz CT molecular complexity index is 1120. The molecule has 0 atom stereocenters. The fourth-order valence-electron chi connectivity index (χ4n) is 2.56. The predicted molar refractivity (Wildman–Crippen MR) is 106 cm³/mol. The van der Waals surface area contributed by atoms with Crippen molar-refractivity contribution in [2.75, 3.05) is 0 Å². The summed E-state index contributed by atoms with van der Waals surface area (Å²) in [5, 5.41) is 1.49. The summed E-state index contributed by atoms with van der Waals surface area (Å²) in [5.74, 6) is 0.526. The van der Waals surface area contributed by atoms with E-state index in [1.54, 1.807) is 54.6 Å². The van der Waals surface area contributed by atoms with E-state index < -0.39 is 5.97 Å². The number of rotatable bonds is 3. The van der Waals surface area contributed by atoms with Gasteiger partial charge in [-0.1, -0.05) is 46.9 Å². The average Bonchev–Trinajstić information content (AvgIpc) is 3.25. The van der Waals surface area contributed by atoms with Crippen LogP contribution in [0.5, 0.6) is 0 Å². The van der Waals surface area contributed by atoms with Crippen molar-refractivity contribution in [3.05, 3.63) is 86.7 Å². The van der Waals surface area contributed by atoms with Gasteiger partial charge in [-0.15, -0.1) is 0 Å². The van der Waals surface area contributed by atoms with Crippen molar-refractivity contribution in [1.82, 2.24) is 0 Å². The molecule has 7 heteroatoms. The first kappa shape index (κ1) is 17.9. The number of benzene rings is 2. The topological polar surface area (TPSA) is 51.8 Å². The molecule has 2 aromatic carbocycles. The lowest BCUT2D eigenvalue weighted by Crippen LogP contribution is -2.05. The van der Waals surface area contributed by atoms with Crippen molar-refractivity contribution in [1.29, 1.82) is 0 Å². The number of hydrogen-bond donors (Lipinski definition) is 0. The van der Waals surface area contributed by atoms with Crippen LogP contribution in [0.1, 0.15) is 11.3 Å². The number of cyclic esters (lactones) is 1. The van der Waals surface area contributed by atoms with Gasteiger partial charge in [-0.3, -0.25) is 0 Å². The highest BCUT2D eigenvalue weighted by Crippen LogP contribution is 2.32. The molecule has 0 fully saturated rings. The van der Waals surface area contributed by atoms with Gasteiger partial charge in [0.15, 0.2) is 5.70 Å². The van der Waals surface area contributed by atoms with Gasteiger partial charge < -0.3 is 9.15 Å². The van der Waals surface area contributed by atoms with Crippen LogP contribution in [0.25, 0.3) is 17.4 Å². The zero-order chi connectivity index (χ0) is 19.0. The third-order valence-electron chi connectivity index (χ3n) is 3.82. The maximum atomic E-state index is 12.1. The van der Waals surface area contributed by atoms with Crippen molar-refractivity contribution < 1.29 is 13.9 Å². The minimum absolute atomic E-state index is 0.114. The quantitative estimate of drug-likeness (QED) is 0.373. The molecule has 0 bridgehead atoms. The van der Waals surface area contributed by atoms with Crippen LogP contribution >= 0.6 is 34.8 Å². The summed E-state index contributed by atoms with van der Waals surface area (Å²) in [4.78, 5) is 16.3. The molecule has 0 radical (unpaired) electrons. The van der Waals surface area contributed by atoms with Crippen LogP contribution in [0.3, 0.4) is 0 Å². The van der Waals surface area contributed by atoms with Gasteiger partial charge in [0, 0.05) is 16.7 Å². The van der Waals surface area contributed by atoms with E-state index in [9.17, 15) is 4.79 Å². The number of ether oxygens (including phenoxy) is 1. The standard InChI is InChI=1S/C20H10Cl3NO3/c21-11-5-7-16(23)14(9-11)18-8-6-12(26-18)10-17-20(25)27-19(24-17)13-3-1-2-4-15(13)22/h1-10H/b17-10+. The minimum Gasteiger partial charge on any atom is -0.457 e. The average molecular weight is 419 g/mol. The van der Waals surface area contributed by atoms with E-state index in [2.05, 4.69) is 4.99 Å². The Morgan fingerprint density at radius 1 is 0.889 bits per heavy atom. The summed E-state index contributed by atoms with van der Waals surface area (Å²) in [6.07, 6.45) is 1.49. The van der Waals surface area contributed by atoms with Crippen molar-refractivity contribution in [3.8, 4) is 11.3 Å². The number of carbonyl (C=O) groups is 1. The molecule has 1 aliphatic heterocycles. The first-order valence-electron chi connectivity index (χ1n) is 7.84. The van der Waals surface area contributed by atoms with E-state index in [0.717, 1.165) is 0 Å². The normalized spacial score (nSPS) is 15.1. The van der Waals surface area contributed by atoms with Gasteiger partial charge in [-0.05, 0) is 42.5 Å². The van der Waals surface area contributed by atoms with Gasteiger partial charge in [0.25, 0.3) is 0 Å². The molecule has 4 nitrogen and oxygen atoms in total. The number of halogens is 3. The second-order valence-electron chi connectivity index (χ2n) is 5.64. The summed E-state index contributed by atoms with van der Waals surface area (Å²) in [6, 6.07) is 15.5. The second kappa shape index (κ2) is 7.24. The molecular weight excluding hydrogens is 409 g/mol. The van der Waals surface area contributed by atoms with Crippen LogP contribution < -0.4 is 0 Å². The van der Waals surface area contributed by atoms with Crippen molar-refractivity contribution in [3.63, 3.8) is 0 Å². The molecule has 1 aromatic heterocycles. The van der Waals surface area contributed by atoms with Crippen LogP contribution in [-0.2, 0) is 9.53 Å². The smallest absolute Gasteiger partial charge is 0.363 e. The molecule has 0 aliphatic carbocycles. The molecule has 27 heavy (non-hydrogen) atoms. The zero-order valence-corrected chi connectivity index (χ0v) is 15.8. The molecule has 4 rings (SSSR count). The van der Waals surface area contributed by atoms with Crippen LogP contribution in [-0.4, -0.2) is 11.9 Å². The molecule has 0 spiro atoms. The van der Waals surface area contributed by atoms with Crippen LogP contribution in [0.4, 0.5) is 0 Å². The maximum Gasteiger partial charge on any atom is 0.363 e. The van der Waals surface area contributed by atoms with Gasteiger partial charge in [-0.2, -0.15) is 0 Å².